The van der Waals surface area contributed by atoms with E-state index in [2.05, 4.69) is 39.5 Å². The molecule has 0 bridgehead atoms. The normalized spacial score (nSPS) is 18.3. The van der Waals surface area contributed by atoms with Crippen LogP contribution in [0.3, 0.4) is 0 Å². The molecule has 2 aromatic rings. The lowest BCUT2D eigenvalue weighted by Crippen LogP contribution is -2.39. The molecular weight excluding hydrogens is 310 g/mol. The number of hydrogen-bond acceptors (Lipinski definition) is 7. The fourth-order valence-electron chi connectivity index (χ4n) is 2.94. The second-order valence-electron chi connectivity index (χ2n) is 6.65. The summed E-state index contributed by atoms with van der Waals surface area (Å²) in [7, 11) is 0. The average molecular weight is 333 g/mol. The summed E-state index contributed by atoms with van der Waals surface area (Å²) in [4.78, 5) is 18.8. The second-order valence-corrected chi connectivity index (χ2v) is 6.65. The number of nitrogens with zero attached hydrogens (tertiary/aromatic N) is 7. The van der Waals surface area contributed by atoms with Crippen molar-refractivity contribution >= 4 is 5.91 Å². The lowest BCUT2D eigenvalue weighted by atomic mass is 9.97. The van der Waals surface area contributed by atoms with Crippen LogP contribution in [-0.4, -0.2) is 54.2 Å². The summed E-state index contributed by atoms with van der Waals surface area (Å²) in [5.74, 6) is 2.14. The first-order chi connectivity index (χ1) is 11.6. The molecule has 1 saturated heterocycles. The van der Waals surface area contributed by atoms with Gasteiger partial charge in [0.1, 0.15) is 6.33 Å². The number of carbonyl (C=O) groups excluding carboxylic acids is 1. The number of tetrazole rings is 1. The molecule has 3 heterocycles. The Morgan fingerprint density at radius 3 is 3.08 bits per heavy atom. The molecule has 3 rings (SSSR count). The Morgan fingerprint density at radius 1 is 1.46 bits per heavy atom. The van der Waals surface area contributed by atoms with Crippen molar-refractivity contribution in [2.45, 2.75) is 52.0 Å². The van der Waals surface area contributed by atoms with Gasteiger partial charge in [-0.05, 0) is 29.2 Å². The number of carbonyl (C=O) groups is 1. The van der Waals surface area contributed by atoms with Crippen LogP contribution in [-0.2, 0) is 17.8 Å². The molecule has 0 saturated carbocycles. The third kappa shape index (κ3) is 4.15. The summed E-state index contributed by atoms with van der Waals surface area (Å²) in [5, 5.41) is 15.0. The molecule has 2 aromatic heterocycles. The van der Waals surface area contributed by atoms with Crippen LogP contribution in [0.4, 0.5) is 0 Å². The minimum Gasteiger partial charge on any atom is -0.342 e. The van der Waals surface area contributed by atoms with Gasteiger partial charge in [0.2, 0.25) is 11.8 Å². The lowest BCUT2D eigenvalue weighted by molar-refractivity contribution is -0.132. The minimum atomic E-state index is 0.108. The zero-order valence-corrected chi connectivity index (χ0v) is 14.1. The van der Waals surface area contributed by atoms with E-state index < -0.39 is 0 Å². The van der Waals surface area contributed by atoms with Crippen molar-refractivity contribution in [3.8, 4) is 0 Å². The first-order valence-electron chi connectivity index (χ1n) is 8.43. The predicted octanol–water partition coefficient (Wildman–Crippen LogP) is 1.05. The van der Waals surface area contributed by atoms with Gasteiger partial charge in [0.15, 0.2) is 5.82 Å². The monoisotopic (exact) mass is 333 g/mol. The lowest BCUT2D eigenvalue weighted by Gasteiger charge is -2.31. The molecule has 9 heteroatoms. The Hall–Kier alpha value is -2.32. The van der Waals surface area contributed by atoms with Crippen LogP contribution in [0.2, 0.25) is 0 Å². The van der Waals surface area contributed by atoms with Crippen molar-refractivity contribution in [3.05, 3.63) is 18.0 Å². The maximum absolute atomic E-state index is 12.4. The molecule has 130 valence electrons. The average Bonchev–Trinajstić information content (AvgIpc) is 3.24. The van der Waals surface area contributed by atoms with Crippen LogP contribution < -0.4 is 0 Å². The summed E-state index contributed by atoms with van der Waals surface area (Å²) in [6.07, 6.45) is 4.63. The highest BCUT2D eigenvalue weighted by atomic mass is 16.5. The Balaban J connectivity index is 1.55. The van der Waals surface area contributed by atoms with Gasteiger partial charge in [-0.2, -0.15) is 4.98 Å². The van der Waals surface area contributed by atoms with Gasteiger partial charge in [-0.3, -0.25) is 4.79 Å². The van der Waals surface area contributed by atoms with Gasteiger partial charge in [-0.25, -0.2) is 4.68 Å². The van der Waals surface area contributed by atoms with Crippen LogP contribution in [0.15, 0.2) is 10.9 Å². The van der Waals surface area contributed by atoms with Crippen molar-refractivity contribution in [2.75, 3.05) is 13.1 Å². The molecule has 0 aromatic carbocycles. The van der Waals surface area contributed by atoms with Gasteiger partial charge in [0.25, 0.3) is 0 Å². The molecular formula is C15H23N7O2. The molecule has 24 heavy (non-hydrogen) atoms. The van der Waals surface area contributed by atoms with Crippen LogP contribution in [0.5, 0.6) is 0 Å². The number of amides is 1. The van der Waals surface area contributed by atoms with E-state index in [9.17, 15) is 4.79 Å². The zero-order chi connectivity index (χ0) is 16.9. The van der Waals surface area contributed by atoms with Crippen molar-refractivity contribution in [2.24, 2.45) is 5.92 Å². The topological polar surface area (TPSA) is 103 Å². The number of piperidine rings is 1. The third-order valence-electron chi connectivity index (χ3n) is 4.14. The summed E-state index contributed by atoms with van der Waals surface area (Å²) < 4.78 is 6.99. The first kappa shape index (κ1) is 16.5. The second kappa shape index (κ2) is 7.50. The molecule has 0 spiro atoms. The van der Waals surface area contributed by atoms with Gasteiger partial charge in [-0.1, -0.05) is 19.0 Å². The van der Waals surface area contributed by atoms with Crippen molar-refractivity contribution in [1.82, 2.24) is 35.2 Å². The van der Waals surface area contributed by atoms with E-state index in [-0.39, 0.29) is 11.8 Å². The highest BCUT2D eigenvalue weighted by Gasteiger charge is 2.28. The van der Waals surface area contributed by atoms with E-state index in [4.69, 9.17) is 4.52 Å². The number of likely N-dealkylation sites (tertiary alicyclic amines) is 1. The van der Waals surface area contributed by atoms with Crippen molar-refractivity contribution < 1.29 is 9.32 Å². The van der Waals surface area contributed by atoms with Gasteiger partial charge in [-0.15, -0.1) is 5.10 Å². The molecule has 1 fully saturated rings. The molecule has 1 aliphatic rings. The SMILES string of the molecule is CC(C)Cc1noc([C@H]2CCCN(C(=O)CCn3cnnn3)C2)n1. The predicted molar refractivity (Wildman–Crippen MR) is 83.8 cm³/mol. The Labute approximate surface area is 140 Å². The van der Waals surface area contributed by atoms with E-state index in [0.717, 1.165) is 31.6 Å². The quantitative estimate of drug-likeness (QED) is 0.778. The minimum absolute atomic E-state index is 0.108. The Morgan fingerprint density at radius 2 is 2.33 bits per heavy atom. The van der Waals surface area contributed by atoms with Crippen molar-refractivity contribution in [3.63, 3.8) is 0 Å². The number of rotatable bonds is 6. The largest absolute Gasteiger partial charge is 0.342 e. The van der Waals surface area contributed by atoms with Gasteiger partial charge >= 0.3 is 0 Å². The zero-order valence-electron chi connectivity index (χ0n) is 14.1. The highest BCUT2D eigenvalue weighted by molar-refractivity contribution is 5.76. The van der Waals surface area contributed by atoms with E-state index in [1.165, 1.54) is 6.33 Å². The molecule has 1 amide bonds. The van der Waals surface area contributed by atoms with Gasteiger partial charge in [0, 0.05) is 25.9 Å². The maximum Gasteiger partial charge on any atom is 0.231 e. The van der Waals surface area contributed by atoms with Crippen molar-refractivity contribution in [1.29, 1.82) is 0 Å². The van der Waals surface area contributed by atoms with Crippen LogP contribution in [0.1, 0.15) is 50.7 Å². The first-order valence-corrected chi connectivity index (χ1v) is 8.43. The fourth-order valence-corrected chi connectivity index (χ4v) is 2.94. The van der Waals surface area contributed by atoms with Crippen LogP contribution in [0.25, 0.3) is 0 Å². The molecule has 0 radical (unpaired) electrons. The summed E-state index contributed by atoms with van der Waals surface area (Å²) >= 11 is 0. The van der Waals surface area contributed by atoms with Crippen LogP contribution >= 0.6 is 0 Å². The van der Waals surface area contributed by atoms with E-state index in [0.29, 0.717) is 31.3 Å². The number of aryl methyl sites for hydroxylation is 1. The molecule has 1 aliphatic heterocycles. The number of aromatic nitrogens is 6. The molecule has 0 N–H and O–H groups in total. The van der Waals surface area contributed by atoms with Gasteiger partial charge < -0.3 is 9.42 Å². The third-order valence-corrected chi connectivity index (χ3v) is 4.14. The molecule has 0 aliphatic carbocycles. The van der Waals surface area contributed by atoms with Crippen LogP contribution in [0, 0.1) is 5.92 Å². The summed E-state index contributed by atoms with van der Waals surface area (Å²) in [5.41, 5.74) is 0. The highest BCUT2D eigenvalue weighted by Crippen LogP contribution is 2.26. The summed E-state index contributed by atoms with van der Waals surface area (Å²) in [6.45, 7) is 6.16. The molecule has 9 nitrogen and oxygen atoms in total. The maximum atomic E-state index is 12.4. The van der Waals surface area contributed by atoms with E-state index >= 15 is 0 Å². The fraction of sp³-hybridized carbons (Fsp3) is 0.733. The van der Waals surface area contributed by atoms with Gasteiger partial charge in [0.05, 0.1) is 12.5 Å². The number of hydrogen-bond donors (Lipinski definition) is 0. The molecule has 1 atom stereocenters. The van der Waals surface area contributed by atoms with E-state index in [1.807, 2.05) is 4.90 Å². The Kier molecular flexibility index (Phi) is 5.17. The standard InChI is InChI=1S/C15H23N7O2/c1-11(2)8-13-17-15(24-18-13)12-4-3-6-21(9-12)14(23)5-7-22-10-16-19-20-22/h10-12H,3-9H2,1-2H3/t12-/m0/s1. The summed E-state index contributed by atoms with van der Waals surface area (Å²) in [6, 6.07) is 0. The molecule has 0 unspecified atom stereocenters. The van der Waals surface area contributed by atoms with E-state index in [1.54, 1.807) is 4.68 Å². The smallest absolute Gasteiger partial charge is 0.231 e. The Bertz CT molecular complexity index is 653.